The van der Waals surface area contributed by atoms with E-state index >= 15 is 0 Å². The van der Waals surface area contributed by atoms with Crippen molar-refractivity contribution in [2.24, 2.45) is 5.16 Å². The predicted octanol–water partition coefficient (Wildman–Crippen LogP) is 3.19. The van der Waals surface area contributed by atoms with E-state index in [4.69, 9.17) is 4.28 Å². The highest BCUT2D eigenvalue weighted by atomic mass is 32.2. The molecule has 0 unspecified atom stereocenters. The molecule has 2 aromatic rings. The second-order valence-electron chi connectivity index (χ2n) is 4.00. The van der Waals surface area contributed by atoms with Crippen molar-refractivity contribution in [1.29, 1.82) is 0 Å². The molecule has 0 amide bonds. The molecule has 0 aliphatic carbocycles. The van der Waals surface area contributed by atoms with Crippen molar-refractivity contribution in [3.05, 3.63) is 52.2 Å². The second-order valence-corrected chi connectivity index (χ2v) is 6.47. The number of benzene rings is 1. The number of aryl methyl sites for hydroxylation is 1. The first kappa shape index (κ1) is 13.8. The third-order valence-electron chi connectivity index (χ3n) is 2.46. The summed E-state index contributed by atoms with van der Waals surface area (Å²) in [5, 5.41) is 5.57. The molecule has 0 radical (unpaired) electrons. The van der Waals surface area contributed by atoms with E-state index in [-0.39, 0.29) is 4.90 Å². The van der Waals surface area contributed by atoms with E-state index in [0.717, 1.165) is 10.4 Å². The van der Waals surface area contributed by atoms with Gasteiger partial charge in [-0.15, -0.1) is 11.3 Å². The zero-order valence-electron chi connectivity index (χ0n) is 10.5. The molecule has 0 aliphatic rings. The number of nitrogens with zero attached hydrogens (tertiary/aromatic N) is 1. The lowest BCUT2D eigenvalue weighted by atomic mass is 10.2. The monoisotopic (exact) mass is 295 g/mol. The van der Waals surface area contributed by atoms with E-state index in [1.807, 2.05) is 24.4 Å². The molecule has 0 atom stereocenters. The van der Waals surface area contributed by atoms with Gasteiger partial charge in [-0.05, 0) is 37.4 Å². The Morgan fingerprint density at radius 1 is 1.21 bits per heavy atom. The van der Waals surface area contributed by atoms with Gasteiger partial charge < -0.3 is 0 Å². The molecule has 0 fully saturated rings. The lowest BCUT2D eigenvalue weighted by Gasteiger charge is -2.02. The van der Waals surface area contributed by atoms with Crippen LogP contribution < -0.4 is 0 Å². The summed E-state index contributed by atoms with van der Waals surface area (Å²) < 4.78 is 28.5. The van der Waals surface area contributed by atoms with E-state index < -0.39 is 10.1 Å². The van der Waals surface area contributed by atoms with Gasteiger partial charge in [0, 0.05) is 0 Å². The zero-order chi connectivity index (χ0) is 13.9. The lowest BCUT2D eigenvalue weighted by molar-refractivity contribution is 0.339. The fraction of sp³-hybridized carbons (Fsp3) is 0.154. The smallest absolute Gasteiger partial charge is 0.264 e. The first-order chi connectivity index (χ1) is 8.99. The molecular formula is C13H13NO3S2. The molecule has 6 heteroatoms. The van der Waals surface area contributed by atoms with Crippen molar-refractivity contribution >= 4 is 27.2 Å². The summed E-state index contributed by atoms with van der Waals surface area (Å²) in [4.78, 5) is 0.972. The second kappa shape index (κ2) is 5.54. The molecule has 0 spiro atoms. The molecule has 1 heterocycles. The molecule has 100 valence electrons. The maximum Gasteiger partial charge on any atom is 0.358 e. The van der Waals surface area contributed by atoms with Crippen molar-refractivity contribution < 1.29 is 12.7 Å². The molecule has 4 nitrogen and oxygen atoms in total. The highest BCUT2D eigenvalue weighted by Gasteiger charge is 2.15. The summed E-state index contributed by atoms with van der Waals surface area (Å²) >= 11 is 1.47. The van der Waals surface area contributed by atoms with Gasteiger partial charge in [0.1, 0.15) is 4.90 Å². The third-order valence-corrected chi connectivity index (χ3v) is 4.56. The van der Waals surface area contributed by atoms with Gasteiger partial charge in [0.2, 0.25) is 0 Å². The number of oxime groups is 1. The third kappa shape index (κ3) is 3.42. The minimum atomic E-state index is -3.85. The normalized spacial score (nSPS) is 12.4. The Balaban J connectivity index is 2.18. The maximum absolute atomic E-state index is 11.9. The first-order valence-corrected chi connectivity index (χ1v) is 7.86. The van der Waals surface area contributed by atoms with Crippen molar-refractivity contribution in [3.63, 3.8) is 0 Å². The molecule has 19 heavy (non-hydrogen) atoms. The summed E-state index contributed by atoms with van der Waals surface area (Å²) in [5.74, 6) is 0. The number of hydrogen-bond acceptors (Lipinski definition) is 5. The minimum absolute atomic E-state index is 0.0980. The minimum Gasteiger partial charge on any atom is -0.264 e. The molecule has 0 bridgehead atoms. The molecule has 0 aliphatic heterocycles. The standard InChI is InChI=1S/C13H13NO3S2/c1-10-5-7-12(8-6-10)19(15,16)17-14-11(2)13-4-3-9-18-13/h3-9H,1-2H3/b14-11-. The summed E-state index contributed by atoms with van der Waals surface area (Å²) in [6, 6.07) is 10.2. The summed E-state index contributed by atoms with van der Waals surface area (Å²) in [7, 11) is -3.85. The summed E-state index contributed by atoms with van der Waals surface area (Å²) in [6.07, 6.45) is 0. The zero-order valence-corrected chi connectivity index (χ0v) is 12.2. The van der Waals surface area contributed by atoms with Crippen molar-refractivity contribution in [2.75, 3.05) is 0 Å². The van der Waals surface area contributed by atoms with Gasteiger partial charge >= 0.3 is 10.1 Å². The Bertz CT molecular complexity index is 671. The van der Waals surface area contributed by atoms with Gasteiger partial charge in [-0.3, -0.25) is 4.28 Å². The van der Waals surface area contributed by atoms with Crippen LogP contribution in [0.5, 0.6) is 0 Å². The highest BCUT2D eigenvalue weighted by Crippen LogP contribution is 2.15. The SMILES string of the molecule is C/C(=N/OS(=O)(=O)c1ccc(C)cc1)c1cccs1. The summed E-state index contributed by atoms with van der Waals surface area (Å²) in [6.45, 7) is 3.59. The van der Waals surface area contributed by atoms with Gasteiger partial charge in [0.05, 0.1) is 10.6 Å². The average molecular weight is 295 g/mol. The molecule has 2 rings (SSSR count). The van der Waals surface area contributed by atoms with Gasteiger partial charge in [-0.25, -0.2) is 0 Å². The Morgan fingerprint density at radius 2 is 1.89 bits per heavy atom. The first-order valence-electron chi connectivity index (χ1n) is 5.58. The van der Waals surface area contributed by atoms with Crippen LogP contribution in [0.3, 0.4) is 0 Å². The van der Waals surface area contributed by atoms with E-state index in [1.54, 1.807) is 19.1 Å². The van der Waals surface area contributed by atoms with Gasteiger partial charge in [-0.1, -0.05) is 28.9 Å². The van der Waals surface area contributed by atoms with Crippen LogP contribution in [-0.4, -0.2) is 14.1 Å². The van der Waals surface area contributed by atoms with Crippen LogP contribution in [0.25, 0.3) is 0 Å². The van der Waals surface area contributed by atoms with Gasteiger partial charge in [0.25, 0.3) is 0 Å². The van der Waals surface area contributed by atoms with Crippen molar-refractivity contribution in [1.82, 2.24) is 0 Å². The molecular weight excluding hydrogens is 282 g/mol. The Hall–Kier alpha value is -1.66. The number of hydrogen-bond donors (Lipinski definition) is 0. The van der Waals surface area contributed by atoms with Crippen LogP contribution in [-0.2, 0) is 14.4 Å². The van der Waals surface area contributed by atoms with Crippen LogP contribution in [0.15, 0.2) is 51.8 Å². The van der Waals surface area contributed by atoms with E-state index in [2.05, 4.69) is 5.16 Å². The van der Waals surface area contributed by atoms with Crippen LogP contribution in [0.2, 0.25) is 0 Å². The highest BCUT2D eigenvalue weighted by molar-refractivity contribution is 7.86. The largest absolute Gasteiger partial charge is 0.358 e. The van der Waals surface area contributed by atoms with Crippen LogP contribution in [0, 0.1) is 6.92 Å². The molecule has 1 aromatic carbocycles. The molecule has 0 saturated carbocycles. The lowest BCUT2D eigenvalue weighted by Crippen LogP contribution is -2.04. The quantitative estimate of drug-likeness (QED) is 0.643. The van der Waals surface area contributed by atoms with Crippen LogP contribution in [0.4, 0.5) is 0 Å². The number of thiophene rings is 1. The van der Waals surface area contributed by atoms with Gasteiger partial charge in [0.15, 0.2) is 0 Å². The maximum atomic E-state index is 11.9. The van der Waals surface area contributed by atoms with Crippen molar-refractivity contribution in [2.45, 2.75) is 18.7 Å². The topological polar surface area (TPSA) is 55.7 Å². The number of rotatable bonds is 4. The Morgan fingerprint density at radius 3 is 2.47 bits per heavy atom. The predicted molar refractivity (Wildman–Crippen MR) is 76.0 cm³/mol. The van der Waals surface area contributed by atoms with Crippen LogP contribution in [0.1, 0.15) is 17.4 Å². The van der Waals surface area contributed by atoms with E-state index in [0.29, 0.717) is 5.71 Å². The average Bonchev–Trinajstić information content (AvgIpc) is 2.90. The fourth-order valence-corrected chi connectivity index (χ4v) is 2.82. The summed E-state index contributed by atoms with van der Waals surface area (Å²) in [5.41, 5.74) is 1.52. The van der Waals surface area contributed by atoms with Crippen molar-refractivity contribution in [3.8, 4) is 0 Å². The Kier molecular flexibility index (Phi) is 4.01. The van der Waals surface area contributed by atoms with E-state index in [9.17, 15) is 8.42 Å². The van der Waals surface area contributed by atoms with Crippen LogP contribution >= 0.6 is 11.3 Å². The molecule has 0 saturated heterocycles. The van der Waals surface area contributed by atoms with Gasteiger partial charge in [-0.2, -0.15) is 8.42 Å². The fourth-order valence-electron chi connectivity index (χ4n) is 1.38. The Labute approximate surface area is 116 Å². The molecule has 0 N–H and O–H groups in total. The molecule has 1 aromatic heterocycles. The van der Waals surface area contributed by atoms with E-state index in [1.165, 1.54) is 23.5 Å².